The zero-order chi connectivity index (χ0) is 15.1. The van der Waals surface area contributed by atoms with Gasteiger partial charge in [-0.1, -0.05) is 23.7 Å². The van der Waals surface area contributed by atoms with E-state index in [4.69, 9.17) is 16.7 Å². The number of hydrogen-bond acceptors (Lipinski definition) is 3. The number of nitrogens with one attached hydrogen (secondary N) is 1. The minimum atomic E-state index is -0.404. The molecule has 2 amide bonds. The molecule has 0 radical (unpaired) electrons. The Bertz CT molecular complexity index is 462. The van der Waals surface area contributed by atoms with Crippen LogP contribution in [0.5, 0.6) is 0 Å². The standard InChI is InChI=1S/C14H19ClN2O3/c1-10(19)16-13(9-14(20)17(2)7-8-18)11-3-5-12(15)6-4-11/h3-6,13,18H,7-9H2,1-2H3,(H,16,19). The van der Waals surface area contributed by atoms with E-state index in [-0.39, 0.29) is 31.4 Å². The Morgan fingerprint density at radius 2 is 1.95 bits per heavy atom. The van der Waals surface area contributed by atoms with Crippen LogP contribution in [0.4, 0.5) is 0 Å². The predicted octanol–water partition coefficient (Wildman–Crippen LogP) is 1.36. The van der Waals surface area contributed by atoms with Crippen molar-refractivity contribution in [3.05, 3.63) is 34.9 Å². The molecule has 1 unspecified atom stereocenters. The first-order chi connectivity index (χ1) is 9.43. The second-order valence-electron chi connectivity index (χ2n) is 4.55. The number of aliphatic hydroxyl groups is 1. The SMILES string of the molecule is CC(=O)NC(CC(=O)N(C)CCO)c1ccc(Cl)cc1. The quantitative estimate of drug-likeness (QED) is 0.833. The monoisotopic (exact) mass is 298 g/mol. The third-order valence-corrected chi connectivity index (χ3v) is 3.14. The molecule has 0 fully saturated rings. The molecule has 0 aliphatic rings. The fourth-order valence-electron chi connectivity index (χ4n) is 1.80. The normalized spacial score (nSPS) is 11.8. The lowest BCUT2D eigenvalue weighted by Gasteiger charge is -2.22. The zero-order valence-corrected chi connectivity index (χ0v) is 12.4. The van der Waals surface area contributed by atoms with Crippen molar-refractivity contribution in [2.24, 2.45) is 0 Å². The highest BCUT2D eigenvalue weighted by Gasteiger charge is 2.19. The average Bonchev–Trinajstić information content (AvgIpc) is 2.38. The molecule has 110 valence electrons. The molecular formula is C14H19ClN2O3. The van der Waals surface area contributed by atoms with Crippen LogP contribution in [0.15, 0.2) is 24.3 Å². The van der Waals surface area contributed by atoms with E-state index in [9.17, 15) is 9.59 Å². The highest BCUT2D eigenvalue weighted by molar-refractivity contribution is 6.30. The summed E-state index contributed by atoms with van der Waals surface area (Å²) in [6.07, 6.45) is 0.137. The summed E-state index contributed by atoms with van der Waals surface area (Å²) >= 11 is 5.83. The predicted molar refractivity (Wildman–Crippen MR) is 77.3 cm³/mol. The molecule has 0 aliphatic heterocycles. The first-order valence-corrected chi connectivity index (χ1v) is 6.69. The number of rotatable bonds is 6. The van der Waals surface area contributed by atoms with Gasteiger partial charge >= 0.3 is 0 Å². The van der Waals surface area contributed by atoms with Crippen molar-refractivity contribution in [1.82, 2.24) is 10.2 Å². The van der Waals surface area contributed by atoms with E-state index >= 15 is 0 Å². The van der Waals surface area contributed by atoms with Gasteiger partial charge in [0.1, 0.15) is 0 Å². The number of halogens is 1. The van der Waals surface area contributed by atoms with Crippen LogP contribution in [0.2, 0.25) is 5.02 Å². The van der Waals surface area contributed by atoms with Gasteiger partial charge in [0.25, 0.3) is 0 Å². The number of carbonyl (C=O) groups is 2. The minimum absolute atomic E-state index is 0.0893. The van der Waals surface area contributed by atoms with Gasteiger partial charge in [0.15, 0.2) is 0 Å². The van der Waals surface area contributed by atoms with E-state index in [1.165, 1.54) is 11.8 Å². The second-order valence-corrected chi connectivity index (χ2v) is 4.98. The first kappa shape index (κ1) is 16.5. The summed E-state index contributed by atoms with van der Waals surface area (Å²) in [6.45, 7) is 1.59. The molecule has 1 atom stereocenters. The van der Waals surface area contributed by atoms with Crippen LogP contribution in [0.3, 0.4) is 0 Å². The lowest BCUT2D eigenvalue weighted by Crippen LogP contribution is -2.35. The fraction of sp³-hybridized carbons (Fsp3) is 0.429. The van der Waals surface area contributed by atoms with Crippen LogP contribution in [0.25, 0.3) is 0 Å². The van der Waals surface area contributed by atoms with E-state index in [1.807, 2.05) is 0 Å². The van der Waals surface area contributed by atoms with Crippen molar-refractivity contribution in [3.8, 4) is 0 Å². The van der Waals surface area contributed by atoms with E-state index in [1.54, 1.807) is 31.3 Å². The van der Waals surface area contributed by atoms with Crippen LogP contribution >= 0.6 is 11.6 Å². The molecule has 0 spiro atoms. The molecule has 0 saturated carbocycles. The van der Waals surface area contributed by atoms with Crippen molar-refractivity contribution < 1.29 is 14.7 Å². The molecule has 20 heavy (non-hydrogen) atoms. The summed E-state index contributed by atoms with van der Waals surface area (Å²) in [7, 11) is 1.62. The van der Waals surface area contributed by atoms with Crippen LogP contribution in [0, 0.1) is 0 Å². The van der Waals surface area contributed by atoms with Crippen LogP contribution < -0.4 is 5.32 Å². The van der Waals surface area contributed by atoms with Gasteiger partial charge in [-0.2, -0.15) is 0 Å². The van der Waals surface area contributed by atoms with E-state index in [2.05, 4.69) is 5.32 Å². The third kappa shape index (κ3) is 5.19. The van der Waals surface area contributed by atoms with Crippen molar-refractivity contribution in [2.75, 3.05) is 20.2 Å². The van der Waals surface area contributed by atoms with Crippen LogP contribution in [0.1, 0.15) is 24.9 Å². The summed E-state index contributed by atoms with van der Waals surface area (Å²) in [5.41, 5.74) is 0.815. The number of hydrogen-bond donors (Lipinski definition) is 2. The van der Waals surface area contributed by atoms with E-state index in [0.717, 1.165) is 5.56 Å². The number of likely N-dealkylation sites (N-methyl/N-ethyl adjacent to an activating group) is 1. The van der Waals surface area contributed by atoms with E-state index < -0.39 is 6.04 Å². The average molecular weight is 299 g/mol. The highest BCUT2D eigenvalue weighted by Crippen LogP contribution is 2.20. The summed E-state index contributed by atoms with van der Waals surface area (Å²) in [5.74, 6) is -0.352. The molecule has 1 aromatic rings. The fourth-order valence-corrected chi connectivity index (χ4v) is 1.92. The number of carbonyl (C=O) groups excluding carboxylic acids is 2. The molecule has 2 N–H and O–H groups in total. The van der Waals surface area contributed by atoms with Gasteiger partial charge in [-0.05, 0) is 17.7 Å². The van der Waals surface area contributed by atoms with Crippen molar-refractivity contribution in [2.45, 2.75) is 19.4 Å². The topological polar surface area (TPSA) is 69.6 Å². The summed E-state index contributed by atoms with van der Waals surface area (Å²) in [4.78, 5) is 24.7. The molecule has 0 aliphatic carbocycles. The van der Waals surface area contributed by atoms with Gasteiger partial charge in [-0.25, -0.2) is 0 Å². The maximum atomic E-state index is 12.0. The minimum Gasteiger partial charge on any atom is -0.395 e. The zero-order valence-electron chi connectivity index (χ0n) is 11.6. The molecule has 0 aromatic heterocycles. The smallest absolute Gasteiger partial charge is 0.224 e. The summed E-state index contributed by atoms with van der Waals surface area (Å²) in [6, 6.07) is 6.59. The Hall–Kier alpha value is -1.59. The maximum absolute atomic E-state index is 12.0. The van der Waals surface area contributed by atoms with Gasteiger partial charge in [0.05, 0.1) is 19.1 Å². The van der Waals surface area contributed by atoms with Gasteiger partial charge < -0.3 is 15.3 Å². The molecule has 5 nitrogen and oxygen atoms in total. The van der Waals surface area contributed by atoms with Gasteiger partial charge in [0, 0.05) is 25.5 Å². The Morgan fingerprint density at radius 3 is 2.45 bits per heavy atom. The number of nitrogens with zero attached hydrogens (tertiary/aromatic N) is 1. The molecule has 6 heteroatoms. The Labute approximate surface area is 123 Å². The summed E-state index contributed by atoms with van der Waals surface area (Å²) in [5, 5.41) is 12.2. The third-order valence-electron chi connectivity index (χ3n) is 2.89. The lowest BCUT2D eigenvalue weighted by molar-refractivity contribution is -0.131. The lowest BCUT2D eigenvalue weighted by atomic mass is 10.0. The summed E-state index contributed by atoms with van der Waals surface area (Å²) < 4.78 is 0. The van der Waals surface area contributed by atoms with Gasteiger partial charge in [0.2, 0.25) is 11.8 Å². The van der Waals surface area contributed by atoms with Gasteiger partial charge in [-0.15, -0.1) is 0 Å². The van der Waals surface area contributed by atoms with Crippen molar-refractivity contribution in [3.63, 3.8) is 0 Å². The molecule has 0 saturated heterocycles. The molecule has 1 rings (SSSR count). The molecular weight excluding hydrogens is 280 g/mol. The largest absolute Gasteiger partial charge is 0.395 e. The van der Waals surface area contributed by atoms with Crippen LogP contribution in [-0.4, -0.2) is 42.0 Å². The highest BCUT2D eigenvalue weighted by atomic mass is 35.5. The first-order valence-electron chi connectivity index (χ1n) is 6.31. The van der Waals surface area contributed by atoms with Gasteiger partial charge in [-0.3, -0.25) is 9.59 Å². The number of benzene rings is 1. The Kier molecular flexibility index (Phi) is 6.48. The second kappa shape index (κ2) is 7.87. The number of amides is 2. The van der Waals surface area contributed by atoms with E-state index in [0.29, 0.717) is 5.02 Å². The Morgan fingerprint density at radius 1 is 1.35 bits per heavy atom. The van der Waals surface area contributed by atoms with Crippen molar-refractivity contribution >= 4 is 23.4 Å². The molecule has 1 aromatic carbocycles. The molecule has 0 bridgehead atoms. The number of aliphatic hydroxyl groups excluding tert-OH is 1. The van der Waals surface area contributed by atoms with Crippen molar-refractivity contribution in [1.29, 1.82) is 0 Å². The van der Waals surface area contributed by atoms with Crippen LogP contribution in [-0.2, 0) is 9.59 Å². The Balaban J connectivity index is 2.81. The molecule has 0 heterocycles. The maximum Gasteiger partial charge on any atom is 0.224 e.